The molecule has 0 saturated carbocycles. The maximum Gasteiger partial charge on any atom is 0.433 e. The molecule has 1 aromatic heterocycles. The van der Waals surface area contributed by atoms with Crippen molar-refractivity contribution < 1.29 is 17.9 Å². The number of alkyl halides is 3. The van der Waals surface area contributed by atoms with Crippen molar-refractivity contribution in [2.24, 2.45) is 0 Å². The number of nitrogens with zero attached hydrogens (tertiary/aromatic N) is 1. The fourth-order valence-corrected chi connectivity index (χ4v) is 2.14. The van der Waals surface area contributed by atoms with Crippen LogP contribution in [-0.2, 0) is 6.18 Å². The molecule has 0 unspecified atom stereocenters. The second-order valence-corrected chi connectivity index (χ2v) is 4.81. The van der Waals surface area contributed by atoms with Gasteiger partial charge in [-0.25, -0.2) is 4.98 Å². The third-order valence-corrected chi connectivity index (χ3v) is 2.92. The Balaban J connectivity index is 2.61. The molecule has 2 rings (SSSR count). The summed E-state index contributed by atoms with van der Waals surface area (Å²) in [5.41, 5.74) is -0.573. The van der Waals surface area contributed by atoms with Crippen LogP contribution in [0.15, 0.2) is 30.3 Å². The van der Waals surface area contributed by atoms with Crippen LogP contribution in [0.4, 0.5) is 13.2 Å². The Morgan fingerprint density at radius 1 is 1.00 bits per heavy atom. The Labute approximate surface area is 123 Å². The van der Waals surface area contributed by atoms with Crippen molar-refractivity contribution in [1.29, 1.82) is 0 Å². The molecule has 20 heavy (non-hydrogen) atoms. The van der Waals surface area contributed by atoms with Crippen molar-refractivity contribution in [3.8, 4) is 17.0 Å². The summed E-state index contributed by atoms with van der Waals surface area (Å²) in [6.45, 7) is 0. The maximum atomic E-state index is 12.8. The molecule has 0 aliphatic rings. The van der Waals surface area contributed by atoms with E-state index in [4.69, 9.17) is 27.9 Å². The molecule has 7 heteroatoms. The third kappa shape index (κ3) is 3.35. The molecule has 0 amide bonds. The SMILES string of the molecule is COc1cc(-c2cc(Cl)cc(Cl)c2)nc(C(F)(F)F)c1. The molecule has 0 atom stereocenters. The molecule has 106 valence electrons. The van der Waals surface area contributed by atoms with Crippen LogP contribution in [0.3, 0.4) is 0 Å². The highest BCUT2D eigenvalue weighted by molar-refractivity contribution is 6.35. The van der Waals surface area contributed by atoms with Gasteiger partial charge < -0.3 is 4.74 Å². The number of halogens is 5. The highest BCUT2D eigenvalue weighted by Crippen LogP contribution is 2.34. The summed E-state index contributed by atoms with van der Waals surface area (Å²) in [7, 11) is 1.28. The largest absolute Gasteiger partial charge is 0.497 e. The fourth-order valence-electron chi connectivity index (χ4n) is 1.62. The Morgan fingerprint density at radius 2 is 1.60 bits per heavy atom. The van der Waals surface area contributed by atoms with E-state index in [0.717, 1.165) is 6.07 Å². The lowest BCUT2D eigenvalue weighted by Crippen LogP contribution is -2.09. The average molecular weight is 322 g/mol. The van der Waals surface area contributed by atoms with E-state index in [1.165, 1.54) is 31.4 Å². The van der Waals surface area contributed by atoms with Crippen molar-refractivity contribution in [1.82, 2.24) is 4.98 Å². The minimum absolute atomic E-state index is 0.0541. The van der Waals surface area contributed by atoms with Gasteiger partial charge in [0.1, 0.15) is 11.4 Å². The minimum Gasteiger partial charge on any atom is -0.497 e. The number of benzene rings is 1. The molecular formula is C13H8Cl2F3NO. The van der Waals surface area contributed by atoms with Gasteiger partial charge in [-0.2, -0.15) is 13.2 Å². The molecule has 2 aromatic rings. The number of methoxy groups -OCH3 is 1. The molecule has 0 aliphatic carbocycles. The van der Waals surface area contributed by atoms with Gasteiger partial charge in [0.15, 0.2) is 0 Å². The number of rotatable bonds is 2. The van der Waals surface area contributed by atoms with Crippen molar-refractivity contribution in [3.63, 3.8) is 0 Å². The van der Waals surface area contributed by atoms with Crippen LogP contribution in [0.2, 0.25) is 10.0 Å². The summed E-state index contributed by atoms with van der Waals surface area (Å²) in [5, 5.41) is 0.622. The second-order valence-electron chi connectivity index (χ2n) is 3.93. The number of aromatic nitrogens is 1. The lowest BCUT2D eigenvalue weighted by atomic mass is 10.1. The van der Waals surface area contributed by atoms with Gasteiger partial charge >= 0.3 is 6.18 Å². The zero-order valence-electron chi connectivity index (χ0n) is 10.1. The quantitative estimate of drug-likeness (QED) is 0.769. The summed E-state index contributed by atoms with van der Waals surface area (Å²) < 4.78 is 43.2. The molecule has 0 aliphatic heterocycles. The number of hydrogen-bond donors (Lipinski definition) is 0. The van der Waals surface area contributed by atoms with Crippen LogP contribution in [0.5, 0.6) is 5.75 Å². The average Bonchev–Trinajstić information content (AvgIpc) is 2.36. The van der Waals surface area contributed by atoms with Crippen LogP contribution < -0.4 is 4.74 Å². The normalized spacial score (nSPS) is 11.5. The Bertz CT molecular complexity index is 624. The molecule has 1 aromatic carbocycles. The van der Waals surface area contributed by atoms with Crippen molar-refractivity contribution in [3.05, 3.63) is 46.1 Å². The molecule has 0 saturated heterocycles. The number of pyridine rings is 1. The molecule has 0 fully saturated rings. The number of hydrogen-bond acceptors (Lipinski definition) is 2. The molecular weight excluding hydrogens is 314 g/mol. The summed E-state index contributed by atoms with van der Waals surface area (Å²) in [5.74, 6) is 0.0541. The Kier molecular flexibility index (Phi) is 4.11. The van der Waals surface area contributed by atoms with E-state index in [1.54, 1.807) is 0 Å². The smallest absolute Gasteiger partial charge is 0.433 e. The molecule has 1 heterocycles. The highest BCUT2D eigenvalue weighted by atomic mass is 35.5. The van der Waals surface area contributed by atoms with Gasteiger partial charge in [-0.1, -0.05) is 23.2 Å². The van der Waals surface area contributed by atoms with Crippen LogP contribution >= 0.6 is 23.2 Å². The first kappa shape index (κ1) is 14.9. The van der Waals surface area contributed by atoms with E-state index in [1.807, 2.05) is 0 Å². The van der Waals surface area contributed by atoms with E-state index in [2.05, 4.69) is 4.98 Å². The summed E-state index contributed by atoms with van der Waals surface area (Å²) in [6, 6.07) is 6.66. The first-order valence-electron chi connectivity index (χ1n) is 5.39. The van der Waals surface area contributed by atoms with Gasteiger partial charge in [0.2, 0.25) is 0 Å². The van der Waals surface area contributed by atoms with Gasteiger partial charge in [0.05, 0.1) is 12.8 Å². The summed E-state index contributed by atoms with van der Waals surface area (Å²) in [6.07, 6.45) is -4.56. The van der Waals surface area contributed by atoms with Crippen LogP contribution in [-0.4, -0.2) is 12.1 Å². The Hall–Kier alpha value is -1.46. The van der Waals surface area contributed by atoms with Gasteiger partial charge in [-0.05, 0) is 18.2 Å². The van der Waals surface area contributed by atoms with Crippen LogP contribution in [0, 0.1) is 0 Å². The van der Waals surface area contributed by atoms with Crippen LogP contribution in [0.25, 0.3) is 11.3 Å². The molecule has 0 radical (unpaired) electrons. The van der Waals surface area contributed by atoms with E-state index in [9.17, 15) is 13.2 Å². The first-order chi connectivity index (χ1) is 9.29. The molecule has 2 nitrogen and oxygen atoms in total. The van der Waals surface area contributed by atoms with E-state index < -0.39 is 11.9 Å². The van der Waals surface area contributed by atoms with Crippen LogP contribution in [0.1, 0.15) is 5.69 Å². The Morgan fingerprint density at radius 3 is 2.10 bits per heavy atom. The van der Waals surface area contributed by atoms with E-state index >= 15 is 0 Å². The van der Waals surface area contributed by atoms with Gasteiger partial charge in [0.25, 0.3) is 0 Å². The monoisotopic (exact) mass is 321 g/mol. The summed E-state index contributed by atoms with van der Waals surface area (Å²) in [4.78, 5) is 3.58. The van der Waals surface area contributed by atoms with Crippen molar-refractivity contribution >= 4 is 23.2 Å². The van der Waals surface area contributed by atoms with Gasteiger partial charge in [0, 0.05) is 27.7 Å². The predicted octanol–water partition coefficient (Wildman–Crippen LogP) is 5.08. The van der Waals surface area contributed by atoms with E-state index in [-0.39, 0.29) is 11.4 Å². The molecule has 0 N–H and O–H groups in total. The standard InChI is InChI=1S/C13H8Cl2F3NO/c1-20-10-5-11(19-12(6-10)13(16,17)18)7-2-8(14)4-9(15)3-7/h2-6H,1H3. The zero-order chi connectivity index (χ0) is 14.9. The highest BCUT2D eigenvalue weighted by Gasteiger charge is 2.33. The molecule has 0 spiro atoms. The van der Waals surface area contributed by atoms with E-state index in [0.29, 0.717) is 15.6 Å². The maximum absolute atomic E-state index is 12.8. The van der Waals surface area contributed by atoms with Crippen molar-refractivity contribution in [2.45, 2.75) is 6.18 Å². The van der Waals surface area contributed by atoms with Gasteiger partial charge in [-0.15, -0.1) is 0 Å². The van der Waals surface area contributed by atoms with Crippen molar-refractivity contribution in [2.75, 3.05) is 7.11 Å². The third-order valence-electron chi connectivity index (χ3n) is 2.48. The first-order valence-corrected chi connectivity index (χ1v) is 6.15. The lowest BCUT2D eigenvalue weighted by Gasteiger charge is -2.11. The molecule has 0 bridgehead atoms. The zero-order valence-corrected chi connectivity index (χ0v) is 11.6. The number of ether oxygens (including phenoxy) is 1. The topological polar surface area (TPSA) is 22.1 Å². The minimum atomic E-state index is -4.56. The fraction of sp³-hybridized carbons (Fsp3) is 0.154. The van der Waals surface area contributed by atoms with Gasteiger partial charge in [-0.3, -0.25) is 0 Å². The predicted molar refractivity (Wildman–Crippen MR) is 71.2 cm³/mol. The second kappa shape index (κ2) is 5.50. The summed E-state index contributed by atoms with van der Waals surface area (Å²) >= 11 is 11.7. The lowest BCUT2D eigenvalue weighted by molar-refractivity contribution is -0.141.